The smallest absolute Gasteiger partial charge is 0.115 e. The number of benzene rings is 1. The molecule has 1 aliphatic heterocycles. The third-order valence-electron chi connectivity index (χ3n) is 4.66. The Labute approximate surface area is 129 Å². The lowest BCUT2D eigenvalue weighted by atomic mass is 10.00. The van der Waals surface area contributed by atoms with Crippen LogP contribution in [0.5, 0.6) is 5.75 Å². The van der Waals surface area contributed by atoms with Gasteiger partial charge in [-0.2, -0.15) is 0 Å². The summed E-state index contributed by atoms with van der Waals surface area (Å²) in [4.78, 5) is 2.64. The molecule has 1 heterocycles. The van der Waals surface area contributed by atoms with Crippen molar-refractivity contribution in [3.63, 3.8) is 0 Å². The SMILES string of the molecule is CCC(NCC(C(C)C)N1CCCC1)c1ccc(O)cc1. The number of phenols is 1. The van der Waals surface area contributed by atoms with Gasteiger partial charge >= 0.3 is 0 Å². The average Bonchev–Trinajstić information content (AvgIpc) is 2.98. The van der Waals surface area contributed by atoms with Crippen LogP contribution in [0.2, 0.25) is 0 Å². The molecule has 0 saturated carbocycles. The van der Waals surface area contributed by atoms with Crippen molar-refractivity contribution >= 4 is 0 Å². The van der Waals surface area contributed by atoms with E-state index in [2.05, 4.69) is 31.0 Å². The highest BCUT2D eigenvalue weighted by atomic mass is 16.3. The highest BCUT2D eigenvalue weighted by Crippen LogP contribution is 2.22. The molecule has 1 aromatic carbocycles. The van der Waals surface area contributed by atoms with Crippen molar-refractivity contribution in [3.05, 3.63) is 29.8 Å². The Balaban J connectivity index is 1.95. The minimum atomic E-state index is 0.339. The summed E-state index contributed by atoms with van der Waals surface area (Å²) in [5, 5.41) is 13.2. The van der Waals surface area contributed by atoms with Gasteiger partial charge in [0.15, 0.2) is 0 Å². The fourth-order valence-corrected chi connectivity index (χ4v) is 3.33. The minimum Gasteiger partial charge on any atom is -0.508 e. The maximum absolute atomic E-state index is 9.42. The van der Waals surface area contributed by atoms with Crippen LogP contribution in [0.25, 0.3) is 0 Å². The van der Waals surface area contributed by atoms with Gasteiger partial charge in [0, 0.05) is 18.6 Å². The molecule has 0 radical (unpaired) electrons. The van der Waals surface area contributed by atoms with Gasteiger partial charge in [-0.3, -0.25) is 4.90 Å². The zero-order valence-electron chi connectivity index (χ0n) is 13.7. The fraction of sp³-hybridized carbons (Fsp3) is 0.667. The summed E-state index contributed by atoms with van der Waals surface area (Å²) in [6.07, 6.45) is 3.76. The molecule has 1 saturated heterocycles. The molecule has 0 spiro atoms. The zero-order valence-corrected chi connectivity index (χ0v) is 13.7. The molecule has 3 heteroatoms. The largest absolute Gasteiger partial charge is 0.508 e. The highest BCUT2D eigenvalue weighted by Gasteiger charge is 2.25. The lowest BCUT2D eigenvalue weighted by Crippen LogP contribution is -2.45. The second kappa shape index (κ2) is 7.81. The third kappa shape index (κ3) is 4.45. The van der Waals surface area contributed by atoms with E-state index in [0.29, 0.717) is 23.8 Å². The van der Waals surface area contributed by atoms with E-state index in [1.165, 1.54) is 31.5 Å². The topological polar surface area (TPSA) is 35.5 Å². The molecule has 21 heavy (non-hydrogen) atoms. The van der Waals surface area contributed by atoms with Gasteiger partial charge in [-0.05, 0) is 56.0 Å². The van der Waals surface area contributed by atoms with Crippen LogP contribution in [0.15, 0.2) is 24.3 Å². The summed E-state index contributed by atoms with van der Waals surface area (Å²) < 4.78 is 0. The summed E-state index contributed by atoms with van der Waals surface area (Å²) in [7, 11) is 0. The third-order valence-corrected chi connectivity index (χ3v) is 4.66. The number of hydrogen-bond acceptors (Lipinski definition) is 3. The first-order chi connectivity index (χ1) is 10.1. The number of likely N-dealkylation sites (tertiary alicyclic amines) is 1. The van der Waals surface area contributed by atoms with Crippen LogP contribution < -0.4 is 5.32 Å². The van der Waals surface area contributed by atoms with E-state index >= 15 is 0 Å². The molecular formula is C18H30N2O. The van der Waals surface area contributed by atoms with Crippen LogP contribution in [0.3, 0.4) is 0 Å². The molecular weight excluding hydrogens is 260 g/mol. The summed E-state index contributed by atoms with van der Waals surface area (Å²) in [5.74, 6) is 1.01. The van der Waals surface area contributed by atoms with Crippen LogP contribution in [0.4, 0.5) is 0 Å². The van der Waals surface area contributed by atoms with Crippen LogP contribution in [0, 0.1) is 5.92 Å². The Morgan fingerprint density at radius 3 is 2.29 bits per heavy atom. The van der Waals surface area contributed by atoms with Crippen molar-refractivity contribution in [3.8, 4) is 5.75 Å². The van der Waals surface area contributed by atoms with Crippen LogP contribution in [-0.2, 0) is 0 Å². The van der Waals surface area contributed by atoms with Crippen LogP contribution >= 0.6 is 0 Å². The molecule has 2 rings (SSSR count). The van der Waals surface area contributed by atoms with Gasteiger partial charge in [0.05, 0.1) is 0 Å². The Hall–Kier alpha value is -1.06. The molecule has 118 valence electrons. The number of nitrogens with one attached hydrogen (secondary N) is 1. The van der Waals surface area contributed by atoms with Gasteiger partial charge in [0.25, 0.3) is 0 Å². The van der Waals surface area contributed by atoms with Crippen molar-refractivity contribution in [2.24, 2.45) is 5.92 Å². The summed E-state index contributed by atoms with van der Waals surface area (Å²) in [6, 6.07) is 8.60. The molecule has 2 N–H and O–H groups in total. The average molecular weight is 290 g/mol. The van der Waals surface area contributed by atoms with Crippen LogP contribution in [-0.4, -0.2) is 35.7 Å². The Morgan fingerprint density at radius 2 is 1.76 bits per heavy atom. The van der Waals surface area contributed by atoms with E-state index in [1.54, 1.807) is 12.1 Å². The molecule has 3 nitrogen and oxygen atoms in total. The number of nitrogens with zero attached hydrogens (tertiary/aromatic N) is 1. The Bertz CT molecular complexity index is 410. The lowest BCUT2D eigenvalue weighted by molar-refractivity contribution is 0.181. The van der Waals surface area contributed by atoms with Crippen molar-refractivity contribution in [2.45, 2.75) is 52.1 Å². The monoisotopic (exact) mass is 290 g/mol. The van der Waals surface area contributed by atoms with E-state index in [0.717, 1.165) is 13.0 Å². The van der Waals surface area contributed by atoms with Gasteiger partial charge in [-0.1, -0.05) is 32.9 Å². The standard InChI is InChI=1S/C18H30N2O/c1-4-17(15-7-9-16(21)10-8-15)19-13-18(14(2)3)20-11-5-6-12-20/h7-10,14,17-19,21H,4-6,11-13H2,1-3H3. The van der Waals surface area contributed by atoms with Crippen molar-refractivity contribution in [1.29, 1.82) is 0 Å². The quantitative estimate of drug-likeness (QED) is 0.806. The summed E-state index contributed by atoms with van der Waals surface area (Å²) in [5.41, 5.74) is 1.26. The number of aromatic hydroxyl groups is 1. The van der Waals surface area contributed by atoms with Gasteiger partial charge in [0.2, 0.25) is 0 Å². The van der Waals surface area contributed by atoms with Gasteiger partial charge < -0.3 is 10.4 Å². The molecule has 1 aliphatic rings. The Morgan fingerprint density at radius 1 is 1.14 bits per heavy atom. The summed E-state index contributed by atoms with van der Waals surface area (Å²) in [6.45, 7) is 10.4. The number of hydrogen-bond donors (Lipinski definition) is 2. The molecule has 2 unspecified atom stereocenters. The maximum Gasteiger partial charge on any atom is 0.115 e. The van der Waals surface area contributed by atoms with Crippen molar-refractivity contribution < 1.29 is 5.11 Å². The van der Waals surface area contributed by atoms with Gasteiger partial charge in [-0.25, -0.2) is 0 Å². The molecule has 0 aromatic heterocycles. The predicted octanol–water partition coefficient (Wildman–Crippen LogP) is 3.55. The van der Waals surface area contributed by atoms with E-state index in [9.17, 15) is 5.11 Å². The second-order valence-electron chi connectivity index (χ2n) is 6.52. The molecule has 2 atom stereocenters. The second-order valence-corrected chi connectivity index (χ2v) is 6.52. The summed E-state index contributed by atoms with van der Waals surface area (Å²) >= 11 is 0. The van der Waals surface area contributed by atoms with Crippen LogP contribution in [0.1, 0.15) is 51.6 Å². The highest BCUT2D eigenvalue weighted by molar-refractivity contribution is 5.28. The van der Waals surface area contributed by atoms with Gasteiger partial charge in [0.1, 0.15) is 5.75 Å². The van der Waals surface area contributed by atoms with E-state index in [1.807, 2.05) is 12.1 Å². The molecule has 1 aromatic rings. The lowest BCUT2D eigenvalue weighted by Gasteiger charge is -2.32. The first kappa shape index (κ1) is 16.3. The normalized spacial score (nSPS) is 19.0. The first-order valence-electron chi connectivity index (χ1n) is 8.38. The Kier molecular flexibility index (Phi) is 6.07. The van der Waals surface area contributed by atoms with E-state index in [4.69, 9.17) is 0 Å². The number of rotatable bonds is 7. The van der Waals surface area contributed by atoms with Crippen molar-refractivity contribution in [2.75, 3.05) is 19.6 Å². The molecule has 0 bridgehead atoms. The van der Waals surface area contributed by atoms with E-state index in [-0.39, 0.29) is 0 Å². The fourth-order valence-electron chi connectivity index (χ4n) is 3.33. The maximum atomic E-state index is 9.42. The van der Waals surface area contributed by atoms with Gasteiger partial charge in [-0.15, -0.1) is 0 Å². The zero-order chi connectivity index (χ0) is 15.2. The van der Waals surface area contributed by atoms with E-state index < -0.39 is 0 Å². The number of phenolic OH excluding ortho intramolecular Hbond substituents is 1. The minimum absolute atomic E-state index is 0.339. The molecule has 0 aliphatic carbocycles. The molecule has 0 amide bonds. The predicted molar refractivity (Wildman–Crippen MR) is 88.6 cm³/mol. The van der Waals surface area contributed by atoms with Crippen molar-refractivity contribution in [1.82, 2.24) is 10.2 Å². The first-order valence-corrected chi connectivity index (χ1v) is 8.38. The molecule has 1 fully saturated rings.